The first-order valence-corrected chi connectivity index (χ1v) is 7.03. The third kappa shape index (κ3) is 4.05. The van der Waals surface area contributed by atoms with Gasteiger partial charge in [-0.1, -0.05) is 0 Å². The highest BCUT2D eigenvalue weighted by Crippen LogP contribution is 2.18. The van der Waals surface area contributed by atoms with Crippen molar-refractivity contribution in [2.24, 2.45) is 5.92 Å². The lowest BCUT2D eigenvalue weighted by atomic mass is 9.98. The summed E-state index contributed by atoms with van der Waals surface area (Å²) in [5.74, 6) is 0.800. The van der Waals surface area contributed by atoms with E-state index in [1.807, 2.05) is 19.4 Å². The van der Waals surface area contributed by atoms with Crippen molar-refractivity contribution in [2.75, 3.05) is 26.7 Å². The van der Waals surface area contributed by atoms with Crippen molar-refractivity contribution < 1.29 is 0 Å². The third-order valence-corrected chi connectivity index (χ3v) is 3.70. The fourth-order valence-electron chi connectivity index (χ4n) is 2.55. The normalized spacial score (nSPS) is 21.6. The predicted molar refractivity (Wildman–Crippen MR) is 73.9 cm³/mol. The van der Waals surface area contributed by atoms with Crippen LogP contribution >= 0.6 is 15.9 Å². The smallest absolute Gasteiger partial charge is 0.0410 e. The molecule has 0 aliphatic carbocycles. The minimum Gasteiger partial charge on any atom is -0.319 e. The molecule has 0 saturated carbocycles. The maximum Gasteiger partial charge on any atom is 0.0410 e. The zero-order valence-corrected chi connectivity index (χ0v) is 11.9. The summed E-state index contributed by atoms with van der Waals surface area (Å²) in [4.78, 5) is 6.76. The number of nitrogens with zero attached hydrogens (tertiary/aromatic N) is 2. The second-order valence-corrected chi connectivity index (χ2v) is 5.73. The molecule has 0 radical (unpaired) electrons. The zero-order valence-electron chi connectivity index (χ0n) is 10.3. The minimum atomic E-state index is 0.800. The second kappa shape index (κ2) is 6.47. The number of hydrogen-bond acceptors (Lipinski definition) is 3. The van der Waals surface area contributed by atoms with Gasteiger partial charge < -0.3 is 5.32 Å². The monoisotopic (exact) mass is 297 g/mol. The highest BCUT2D eigenvalue weighted by atomic mass is 79.9. The van der Waals surface area contributed by atoms with Gasteiger partial charge >= 0.3 is 0 Å². The summed E-state index contributed by atoms with van der Waals surface area (Å²) >= 11 is 3.47. The zero-order chi connectivity index (χ0) is 12.1. The lowest BCUT2D eigenvalue weighted by molar-refractivity contribution is 0.166. The van der Waals surface area contributed by atoms with Gasteiger partial charge in [-0.15, -0.1) is 0 Å². The van der Waals surface area contributed by atoms with Crippen molar-refractivity contribution in [2.45, 2.75) is 19.4 Å². The van der Waals surface area contributed by atoms with Crippen molar-refractivity contribution in [1.82, 2.24) is 15.2 Å². The van der Waals surface area contributed by atoms with E-state index >= 15 is 0 Å². The molecule has 4 heteroatoms. The molecule has 2 heterocycles. The molecule has 0 spiro atoms. The molecule has 1 atom stereocenters. The molecular formula is C13H20BrN3. The lowest BCUT2D eigenvalue weighted by Crippen LogP contribution is -2.38. The maximum atomic E-state index is 4.22. The molecule has 1 aliphatic rings. The van der Waals surface area contributed by atoms with Crippen LogP contribution in [-0.4, -0.2) is 36.6 Å². The summed E-state index contributed by atoms with van der Waals surface area (Å²) < 4.78 is 1.07. The van der Waals surface area contributed by atoms with Crippen molar-refractivity contribution in [3.8, 4) is 0 Å². The van der Waals surface area contributed by atoms with Crippen molar-refractivity contribution in [1.29, 1.82) is 0 Å². The first-order chi connectivity index (χ1) is 8.28. The summed E-state index contributed by atoms with van der Waals surface area (Å²) in [6.45, 7) is 4.57. The molecule has 17 heavy (non-hydrogen) atoms. The average Bonchev–Trinajstić information content (AvgIpc) is 2.30. The van der Waals surface area contributed by atoms with E-state index in [2.05, 4.69) is 37.2 Å². The fraction of sp³-hybridized carbons (Fsp3) is 0.615. The van der Waals surface area contributed by atoms with Crippen LogP contribution in [0.1, 0.15) is 18.4 Å². The van der Waals surface area contributed by atoms with Crippen molar-refractivity contribution >= 4 is 15.9 Å². The second-order valence-electron chi connectivity index (χ2n) is 4.81. The Morgan fingerprint density at radius 2 is 2.41 bits per heavy atom. The van der Waals surface area contributed by atoms with E-state index < -0.39 is 0 Å². The SMILES string of the molecule is CNCC1CCCN(Cc2cncc(Br)c2)C1. The molecule has 1 N–H and O–H groups in total. The van der Waals surface area contributed by atoms with Crippen LogP contribution in [0.5, 0.6) is 0 Å². The van der Waals surface area contributed by atoms with Crippen molar-refractivity contribution in [3.63, 3.8) is 0 Å². The van der Waals surface area contributed by atoms with E-state index in [0.717, 1.165) is 23.5 Å². The average molecular weight is 298 g/mol. The van der Waals surface area contributed by atoms with Gasteiger partial charge in [0.05, 0.1) is 0 Å². The Balaban J connectivity index is 1.90. The number of rotatable bonds is 4. The van der Waals surface area contributed by atoms with E-state index in [1.165, 1.54) is 31.5 Å². The van der Waals surface area contributed by atoms with Gasteiger partial charge in [0.1, 0.15) is 0 Å². The van der Waals surface area contributed by atoms with Gasteiger partial charge in [-0.05, 0) is 66.5 Å². The van der Waals surface area contributed by atoms with Gasteiger partial charge in [-0.2, -0.15) is 0 Å². The van der Waals surface area contributed by atoms with Crippen LogP contribution in [0.3, 0.4) is 0 Å². The molecule has 94 valence electrons. The molecule has 0 bridgehead atoms. The Kier molecular flexibility index (Phi) is 4.95. The van der Waals surface area contributed by atoms with Crippen LogP contribution in [-0.2, 0) is 6.54 Å². The van der Waals surface area contributed by atoms with Gasteiger partial charge in [0.25, 0.3) is 0 Å². The van der Waals surface area contributed by atoms with Crippen LogP contribution in [0.4, 0.5) is 0 Å². The summed E-state index contributed by atoms with van der Waals surface area (Å²) in [5.41, 5.74) is 1.30. The molecule has 1 aromatic rings. The topological polar surface area (TPSA) is 28.2 Å². The molecule has 2 rings (SSSR count). The molecular weight excluding hydrogens is 278 g/mol. The minimum absolute atomic E-state index is 0.800. The molecule has 1 unspecified atom stereocenters. The molecule has 1 fully saturated rings. The molecule has 1 aliphatic heterocycles. The van der Waals surface area contributed by atoms with Gasteiger partial charge in [0.2, 0.25) is 0 Å². The maximum absolute atomic E-state index is 4.22. The van der Waals surface area contributed by atoms with Crippen LogP contribution in [0.25, 0.3) is 0 Å². The summed E-state index contributed by atoms with van der Waals surface area (Å²) in [7, 11) is 2.04. The Morgan fingerprint density at radius 3 is 3.18 bits per heavy atom. The largest absolute Gasteiger partial charge is 0.319 e. The summed E-state index contributed by atoms with van der Waals surface area (Å²) in [6, 6.07) is 2.16. The highest BCUT2D eigenvalue weighted by molar-refractivity contribution is 9.10. The van der Waals surface area contributed by atoms with Gasteiger partial charge in [0, 0.05) is 30.0 Å². The van der Waals surface area contributed by atoms with Crippen LogP contribution in [0.15, 0.2) is 22.9 Å². The van der Waals surface area contributed by atoms with Crippen LogP contribution in [0, 0.1) is 5.92 Å². The highest BCUT2D eigenvalue weighted by Gasteiger charge is 2.19. The van der Waals surface area contributed by atoms with Gasteiger partial charge in [0.15, 0.2) is 0 Å². The van der Waals surface area contributed by atoms with E-state index in [1.54, 1.807) is 0 Å². The van der Waals surface area contributed by atoms with Crippen molar-refractivity contribution in [3.05, 3.63) is 28.5 Å². The Labute approximate surface area is 112 Å². The number of nitrogens with one attached hydrogen (secondary N) is 1. The standard InChI is InChI=1S/C13H20BrN3/c1-15-6-11-3-2-4-17(9-11)10-12-5-13(14)8-16-7-12/h5,7-8,11,15H,2-4,6,9-10H2,1H3. The molecule has 1 saturated heterocycles. The van der Waals surface area contributed by atoms with E-state index in [-0.39, 0.29) is 0 Å². The Morgan fingerprint density at radius 1 is 1.53 bits per heavy atom. The first kappa shape index (κ1) is 13.0. The van der Waals surface area contributed by atoms with E-state index in [4.69, 9.17) is 0 Å². The van der Waals surface area contributed by atoms with E-state index in [0.29, 0.717) is 0 Å². The van der Waals surface area contributed by atoms with Gasteiger partial charge in [-0.3, -0.25) is 9.88 Å². The number of piperidine rings is 1. The quantitative estimate of drug-likeness (QED) is 0.924. The molecule has 3 nitrogen and oxygen atoms in total. The Bertz CT molecular complexity index is 354. The molecule has 0 aromatic carbocycles. The molecule has 1 aromatic heterocycles. The van der Waals surface area contributed by atoms with E-state index in [9.17, 15) is 0 Å². The number of halogens is 1. The third-order valence-electron chi connectivity index (χ3n) is 3.26. The number of pyridine rings is 1. The van der Waals surface area contributed by atoms with Crippen LogP contribution < -0.4 is 5.32 Å². The van der Waals surface area contributed by atoms with Gasteiger partial charge in [-0.25, -0.2) is 0 Å². The number of aromatic nitrogens is 1. The number of hydrogen-bond donors (Lipinski definition) is 1. The Hall–Kier alpha value is -0.450. The molecule has 0 amide bonds. The fourth-order valence-corrected chi connectivity index (χ4v) is 2.96. The first-order valence-electron chi connectivity index (χ1n) is 6.24. The predicted octanol–water partition coefficient (Wildman–Crippen LogP) is 2.28. The number of likely N-dealkylation sites (tertiary alicyclic amines) is 1. The van der Waals surface area contributed by atoms with Crippen LogP contribution in [0.2, 0.25) is 0 Å². The lowest BCUT2D eigenvalue weighted by Gasteiger charge is -2.32. The summed E-state index contributed by atoms with van der Waals surface area (Å²) in [5, 5.41) is 3.28. The summed E-state index contributed by atoms with van der Waals surface area (Å²) in [6.07, 6.45) is 6.47.